The number of fused-ring (bicyclic) bond motifs is 1. The van der Waals surface area contributed by atoms with Gasteiger partial charge >= 0.3 is 0 Å². The highest BCUT2D eigenvalue weighted by atomic mass is 35.5. The van der Waals surface area contributed by atoms with Gasteiger partial charge in [-0.25, -0.2) is 0 Å². The fourth-order valence-electron chi connectivity index (χ4n) is 3.27. The smallest absolute Gasteiger partial charge is 0.259 e. The predicted octanol–water partition coefficient (Wildman–Crippen LogP) is 3.98. The summed E-state index contributed by atoms with van der Waals surface area (Å²) in [7, 11) is 0. The van der Waals surface area contributed by atoms with Gasteiger partial charge in [0.1, 0.15) is 5.56 Å². The third-order valence-corrected chi connectivity index (χ3v) is 4.63. The Labute approximate surface area is 148 Å². The van der Waals surface area contributed by atoms with E-state index < -0.39 is 0 Å². The van der Waals surface area contributed by atoms with E-state index in [9.17, 15) is 4.79 Å². The number of nitrogens with one attached hydrogen (secondary N) is 1. The summed E-state index contributed by atoms with van der Waals surface area (Å²) in [6.45, 7) is 0. The molecule has 1 amide bonds. The highest BCUT2D eigenvalue weighted by molar-refractivity contribution is 6.29. The molecule has 25 heavy (non-hydrogen) atoms. The van der Waals surface area contributed by atoms with Crippen LogP contribution in [0.3, 0.4) is 0 Å². The van der Waals surface area contributed by atoms with E-state index in [-0.39, 0.29) is 34.3 Å². The Morgan fingerprint density at radius 2 is 2.12 bits per heavy atom. The number of aryl methyl sites for hydroxylation is 1. The van der Waals surface area contributed by atoms with Crippen LogP contribution in [0.15, 0.2) is 45.3 Å². The molecule has 3 N–H and O–H groups in total. The lowest BCUT2D eigenvalue weighted by atomic mass is 9.87. The summed E-state index contributed by atoms with van der Waals surface area (Å²) >= 11 is 5.80. The monoisotopic (exact) mass is 357 g/mol. The second kappa shape index (κ2) is 6.29. The first kappa shape index (κ1) is 15.8. The van der Waals surface area contributed by atoms with Crippen LogP contribution in [0.2, 0.25) is 5.22 Å². The largest absolute Gasteiger partial charge is 0.443 e. The van der Waals surface area contributed by atoms with Crippen molar-refractivity contribution in [1.82, 2.24) is 10.5 Å². The Morgan fingerprint density at radius 3 is 2.92 bits per heavy atom. The number of hydrogen-bond donors (Lipinski definition) is 2. The molecule has 7 heteroatoms. The maximum absolute atomic E-state index is 12.8. The van der Waals surface area contributed by atoms with Crippen molar-refractivity contribution in [2.75, 3.05) is 5.73 Å². The molecule has 1 aliphatic carbocycles. The van der Waals surface area contributed by atoms with Gasteiger partial charge in [0.15, 0.2) is 16.7 Å². The number of nitrogens with zero attached hydrogens (tertiary/aromatic N) is 1. The van der Waals surface area contributed by atoms with Crippen molar-refractivity contribution >= 4 is 23.4 Å². The van der Waals surface area contributed by atoms with E-state index in [1.807, 2.05) is 18.2 Å². The van der Waals surface area contributed by atoms with Crippen molar-refractivity contribution in [1.29, 1.82) is 0 Å². The predicted molar refractivity (Wildman–Crippen MR) is 93.2 cm³/mol. The van der Waals surface area contributed by atoms with Crippen LogP contribution in [0.4, 0.5) is 5.88 Å². The third kappa shape index (κ3) is 2.89. The quantitative estimate of drug-likeness (QED) is 0.739. The molecule has 2 aromatic heterocycles. The van der Waals surface area contributed by atoms with Gasteiger partial charge < -0.3 is 20.0 Å². The summed E-state index contributed by atoms with van der Waals surface area (Å²) in [4.78, 5) is 12.8. The number of nitrogen functional groups attached to an aromatic ring is 1. The summed E-state index contributed by atoms with van der Waals surface area (Å²) in [6, 6.07) is 11.3. The summed E-state index contributed by atoms with van der Waals surface area (Å²) in [5.74, 6) is -0.0632. The molecule has 128 valence electrons. The molecule has 1 aliphatic rings. The maximum atomic E-state index is 12.8. The minimum Gasteiger partial charge on any atom is -0.443 e. The first-order valence-electron chi connectivity index (χ1n) is 8.03. The lowest BCUT2D eigenvalue weighted by Crippen LogP contribution is -2.31. The van der Waals surface area contributed by atoms with Gasteiger partial charge in [-0.2, -0.15) is 0 Å². The molecule has 2 heterocycles. The Bertz CT molecular complexity index is 931. The minimum absolute atomic E-state index is 0.0517. The van der Waals surface area contributed by atoms with Crippen LogP contribution in [0.1, 0.15) is 40.4 Å². The SMILES string of the molecule is Nc1onc(-c2ccc(Cl)o2)c1C(=O)NC1CCCc2ccccc21. The topological polar surface area (TPSA) is 94.3 Å². The van der Waals surface area contributed by atoms with Crippen molar-refractivity contribution in [2.45, 2.75) is 25.3 Å². The fraction of sp³-hybridized carbons (Fsp3) is 0.222. The number of carbonyl (C=O) groups excluding carboxylic acids is 1. The summed E-state index contributed by atoms with van der Waals surface area (Å²) in [6.07, 6.45) is 2.91. The Balaban J connectivity index is 1.64. The molecule has 4 rings (SSSR count). The number of nitrogens with two attached hydrogens (primary N) is 1. The molecule has 1 aromatic carbocycles. The number of halogens is 1. The van der Waals surface area contributed by atoms with E-state index in [0.29, 0.717) is 5.76 Å². The van der Waals surface area contributed by atoms with Crippen LogP contribution in [0, 0.1) is 0 Å². The molecule has 1 atom stereocenters. The van der Waals surface area contributed by atoms with Gasteiger partial charge in [-0.3, -0.25) is 4.79 Å². The zero-order chi connectivity index (χ0) is 17.4. The van der Waals surface area contributed by atoms with Crippen molar-refractivity contribution in [3.05, 3.63) is 58.3 Å². The average Bonchev–Trinajstić information content (AvgIpc) is 3.21. The van der Waals surface area contributed by atoms with Crippen LogP contribution in [-0.2, 0) is 6.42 Å². The van der Waals surface area contributed by atoms with Crippen LogP contribution in [0.25, 0.3) is 11.5 Å². The number of carbonyl (C=O) groups is 1. The van der Waals surface area contributed by atoms with E-state index in [1.165, 1.54) is 5.56 Å². The summed E-state index contributed by atoms with van der Waals surface area (Å²) in [5, 5.41) is 7.08. The zero-order valence-electron chi connectivity index (χ0n) is 13.3. The van der Waals surface area contributed by atoms with Crippen molar-refractivity contribution < 1.29 is 13.7 Å². The van der Waals surface area contributed by atoms with Gasteiger partial charge in [0.25, 0.3) is 5.91 Å². The van der Waals surface area contributed by atoms with Gasteiger partial charge in [0.05, 0.1) is 6.04 Å². The fourth-order valence-corrected chi connectivity index (χ4v) is 3.41. The first-order valence-corrected chi connectivity index (χ1v) is 8.41. The molecule has 3 aromatic rings. The zero-order valence-corrected chi connectivity index (χ0v) is 14.0. The summed E-state index contributed by atoms with van der Waals surface area (Å²) < 4.78 is 10.3. The molecule has 0 aliphatic heterocycles. The van der Waals surface area contributed by atoms with Crippen LogP contribution in [-0.4, -0.2) is 11.1 Å². The molecule has 0 bridgehead atoms. The molecule has 0 saturated carbocycles. The first-order chi connectivity index (χ1) is 12.1. The Morgan fingerprint density at radius 1 is 1.28 bits per heavy atom. The highest BCUT2D eigenvalue weighted by Crippen LogP contribution is 2.33. The standard InChI is InChI=1S/C18H16ClN3O3/c19-14-9-8-13(24-14)16-15(17(20)25-22-16)18(23)21-12-7-3-5-10-4-1-2-6-11(10)12/h1-2,4,6,8-9,12H,3,5,7,20H2,(H,21,23). The van der Waals surface area contributed by atoms with Crippen LogP contribution in [0.5, 0.6) is 0 Å². The van der Waals surface area contributed by atoms with Crippen molar-refractivity contribution in [3.8, 4) is 11.5 Å². The molecule has 0 fully saturated rings. The number of aromatic nitrogens is 1. The molecule has 0 spiro atoms. The van der Waals surface area contributed by atoms with Crippen molar-refractivity contribution in [3.63, 3.8) is 0 Å². The number of furan rings is 1. The summed E-state index contributed by atoms with van der Waals surface area (Å²) in [5.41, 5.74) is 8.62. The van der Waals surface area contributed by atoms with Gasteiger partial charge in [-0.05, 0) is 54.1 Å². The van der Waals surface area contributed by atoms with E-state index in [2.05, 4.69) is 16.5 Å². The number of benzene rings is 1. The van der Waals surface area contributed by atoms with E-state index >= 15 is 0 Å². The van der Waals surface area contributed by atoms with E-state index in [0.717, 1.165) is 24.8 Å². The minimum atomic E-state index is -0.344. The molecule has 0 radical (unpaired) electrons. The van der Waals surface area contributed by atoms with Gasteiger partial charge in [-0.1, -0.05) is 29.4 Å². The molecule has 1 unspecified atom stereocenters. The second-order valence-corrected chi connectivity index (χ2v) is 6.36. The van der Waals surface area contributed by atoms with E-state index in [1.54, 1.807) is 12.1 Å². The van der Waals surface area contributed by atoms with Crippen molar-refractivity contribution in [2.24, 2.45) is 0 Å². The Kier molecular flexibility index (Phi) is 3.97. The highest BCUT2D eigenvalue weighted by Gasteiger charge is 2.28. The van der Waals surface area contributed by atoms with Crippen LogP contribution < -0.4 is 11.1 Å². The normalized spacial score (nSPS) is 16.4. The molecular formula is C18H16ClN3O3. The number of rotatable bonds is 3. The number of anilines is 1. The molecule has 6 nitrogen and oxygen atoms in total. The second-order valence-electron chi connectivity index (χ2n) is 5.99. The van der Waals surface area contributed by atoms with Crippen LogP contribution >= 0.6 is 11.6 Å². The maximum Gasteiger partial charge on any atom is 0.259 e. The van der Waals surface area contributed by atoms with E-state index in [4.69, 9.17) is 26.3 Å². The lowest BCUT2D eigenvalue weighted by molar-refractivity contribution is 0.0933. The molecular weight excluding hydrogens is 342 g/mol. The number of hydrogen-bond acceptors (Lipinski definition) is 5. The Hall–Kier alpha value is -2.73. The molecule has 0 saturated heterocycles. The van der Waals surface area contributed by atoms with Gasteiger partial charge in [-0.15, -0.1) is 0 Å². The van der Waals surface area contributed by atoms with Gasteiger partial charge in [0.2, 0.25) is 5.88 Å². The van der Waals surface area contributed by atoms with Gasteiger partial charge in [0, 0.05) is 0 Å². The number of amides is 1. The average molecular weight is 358 g/mol. The third-order valence-electron chi connectivity index (χ3n) is 4.43. The lowest BCUT2D eigenvalue weighted by Gasteiger charge is -2.26.